The monoisotopic (exact) mass is 360 g/mol. The standard InChI is InChI=1S/C23H20O4/c1-23(18-8-4-2-5-9-18,19-10-6-3-7-11-19)22(24)25-15-17-12-13-20-21(14-17)27-16-26-20/h2-14H,15-16H2,1H3. The summed E-state index contributed by atoms with van der Waals surface area (Å²) in [6, 6.07) is 25.0. The highest BCUT2D eigenvalue weighted by molar-refractivity contribution is 5.87. The summed E-state index contributed by atoms with van der Waals surface area (Å²) < 4.78 is 16.4. The lowest BCUT2D eigenvalue weighted by Crippen LogP contribution is -2.35. The first kappa shape index (κ1) is 17.2. The van der Waals surface area contributed by atoms with Gasteiger partial charge in [-0.25, -0.2) is 0 Å². The first-order valence-electron chi connectivity index (χ1n) is 8.85. The molecule has 27 heavy (non-hydrogen) atoms. The van der Waals surface area contributed by atoms with Gasteiger partial charge in [0.2, 0.25) is 6.79 Å². The van der Waals surface area contributed by atoms with E-state index < -0.39 is 5.41 Å². The summed E-state index contributed by atoms with van der Waals surface area (Å²) in [4.78, 5) is 13.2. The van der Waals surface area contributed by atoms with Gasteiger partial charge in [0.1, 0.15) is 12.0 Å². The average Bonchev–Trinajstić information content (AvgIpc) is 3.20. The molecule has 1 aliphatic rings. The van der Waals surface area contributed by atoms with E-state index in [1.165, 1.54) is 0 Å². The second-order valence-corrected chi connectivity index (χ2v) is 6.62. The molecule has 4 nitrogen and oxygen atoms in total. The predicted molar refractivity (Wildman–Crippen MR) is 102 cm³/mol. The Morgan fingerprint density at radius 3 is 2.11 bits per heavy atom. The maximum Gasteiger partial charge on any atom is 0.321 e. The van der Waals surface area contributed by atoms with Crippen LogP contribution in [0.25, 0.3) is 0 Å². The van der Waals surface area contributed by atoms with Crippen molar-refractivity contribution < 1.29 is 19.0 Å². The molecule has 4 heteroatoms. The number of benzene rings is 3. The fourth-order valence-corrected chi connectivity index (χ4v) is 3.27. The third-order valence-corrected chi connectivity index (χ3v) is 4.92. The Morgan fingerprint density at radius 1 is 0.889 bits per heavy atom. The number of carbonyl (C=O) groups is 1. The van der Waals surface area contributed by atoms with Gasteiger partial charge in [0.25, 0.3) is 0 Å². The Hall–Kier alpha value is -3.27. The molecule has 0 aromatic heterocycles. The van der Waals surface area contributed by atoms with Gasteiger partial charge >= 0.3 is 5.97 Å². The van der Waals surface area contributed by atoms with Crippen LogP contribution in [0.4, 0.5) is 0 Å². The van der Waals surface area contributed by atoms with Crippen LogP contribution in [0.1, 0.15) is 23.6 Å². The van der Waals surface area contributed by atoms with Gasteiger partial charge in [-0.3, -0.25) is 4.79 Å². The predicted octanol–water partition coefficient (Wildman–Crippen LogP) is 4.46. The van der Waals surface area contributed by atoms with Gasteiger partial charge in [-0.2, -0.15) is 0 Å². The van der Waals surface area contributed by atoms with Crippen molar-refractivity contribution in [2.24, 2.45) is 0 Å². The molecular weight excluding hydrogens is 340 g/mol. The number of hydrogen-bond acceptors (Lipinski definition) is 4. The Morgan fingerprint density at radius 2 is 1.48 bits per heavy atom. The van der Waals surface area contributed by atoms with Crippen LogP contribution in [0.5, 0.6) is 11.5 Å². The van der Waals surface area contributed by atoms with Crippen LogP contribution in [0.15, 0.2) is 78.9 Å². The van der Waals surface area contributed by atoms with Crippen molar-refractivity contribution >= 4 is 5.97 Å². The van der Waals surface area contributed by atoms with Crippen LogP contribution in [0.2, 0.25) is 0 Å². The molecule has 0 spiro atoms. The summed E-state index contributed by atoms with van der Waals surface area (Å²) in [5, 5.41) is 0. The van der Waals surface area contributed by atoms with E-state index in [2.05, 4.69) is 0 Å². The minimum atomic E-state index is -0.890. The van der Waals surface area contributed by atoms with E-state index in [-0.39, 0.29) is 19.4 Å². The number of carbonyl (C=O) groups excluding carboxylic acids is 1. The normalized spacial score (nSPS) is 12.6. The molecule has 3 aromatic rings. The number of rotatable bonds is 5. The Balaban J connectivity index is 1.60. The van der Waals surface area contributed by atoms with Crippen LogP contribution < -0.4 is 9.47 Å². The largest absolute Gasteiger partial charge is 0.460 e. The summed E-state index contributed by atoms with van der Waals surface area (Å²) in [7, 11) is 0. The Kier molecular flexibility index (Phi) is 4.55. The Bertz CT molecular complexity index is 896. The van der Waals surface area contributed by atoms with Gasteiger partial charge < -0.3 is 14.2 Å². The lowest BCUT2D eigenvalue weighted by molar-refractivity contribution is -0.149. The molecule has 0 amide bonds. The molecule has 0 atom stereocenters. The van der Waals surface area contributed by atoms with Crippen LogP contribution >= 0.6 is 0 Å². The molecule has 1 heterocycles. The van der Waals surface area contributed by atoms with Crippen molar-refractivity contribution in [3.8, 4) is 11.5 Å². The van der Waals surface area contributed by atoms with Crippen molar-refractivity contribution in [2.75, 3.05) is 6.79 Å². The number of esters is 1. The maximum atomic E-state index is 13.2. The molecule has 0 aliphatic carbocycles. The molecule has 0 unspecified atom stereocenters. The molecule has 0 saturated heterocycles. The highest BCUT2D eigenvalue weighted by atomic mass is 16.7. The molecule has 1 aliphatic heterocycles. The fraction of sp³-hybridized carbons (Fsp3) is 0.174. The van der Waals surface area contributed by atoms with E-state index in [1.54, 1.807) is 0 Å². The van der Waals surface area contributed by atoms with Gasteiger partial charge in [-0.05, 0) is 35.7 Å². The minimum Gasteiger partial charge on any atom is -0.460 e. The van der Waals surface area contributed by atoms with Gasteiger partial charge in [0.05, 0.1) is 0 Å². The van der Waals surface area contributed by atoms with Gasteiger partial charge in [-0.1, -0.05) is 66.7 Å². The summed E-state index contributed by atoms with van der Waals surface area (Å²) in [5.41, 5.74) is 1.76. The van der Waals surface area contributed by atoms with E-state index in [0.717, 1.165) is 16.7 Å². The molecular formula is C23H20O4. The zero-order valence-electron chi connectivity index (χ0n) is 15.1. The van der Waals surface area contributed by atoms with E-state index in [0.29, 0.717) is 11.5 Å². The lowest BCUT2D eigenvalue weighted by atomic mass is 9.76. The first-order valence-corrected chi connectivity index (χ1v) is 8.85. The SMILES string of the molecule is CC(C(=O)OCc1ccc2c(c1)OCO2)(c1ccccc1)c1ccccc1. The highest BCUT2D eigenvalue weighted by Crippen LogP contribution is 2.35. The first-order chi connectivity index (χ1) is 13.2. The van der Waals surface area contributed by atoms with E-state index in [9.17, 15) is 4.79 Å². The zero-order chi connectivity index (χ0) is 18.7. The van der Waals surface area contributed by atoms with E-state index >= 15 is 0 Å². The molecule has 3 aromatic carbocycles. The third kappa shape index (κ3) is 3.26. The number of hydrogen-bond donors (Lipinski definition) is 0. The number of fused-ring (bicyclic) bond motifs is 1. The summed E-state index contributed by atoms with van der Waals surface area (Å²) in [6.45, 7) is 2.29. The zero-order valence-corrected chi connectivity index (χ0v) is 15.1. The second kappa shape index (κ2) is 7.16. The van der Waals surface area contributed by atoms with Gasteiger partial charge in [-0.15, -0.1) is 0 Å². The average molecular weight is 360 g/mol. The Labute approximate surface area is 158 Å². The topological polar surface area (TPSA) is 44.8 Å². The smallest absolute Gasteiger partial charge is 0.321 e. The fourth-order valence-electron chi connectivity index (χ4n) is 3.27. The van der Waals surface area contributed by atoms with E-state index in [1.807, 2.05) is 85.8 Å². The van der Waals surface area contributed by atoms with Crippen molar-refractivity contribution in [3.05, 3.63) is 95.6 Å². The van der Waals surface area contributed by atoms with Gasteiger partial charge in [0.15, 0.2) is 11.5 Å². The molecule has 0 radical (unpaired) electrons. The lowest BCUT2D eigenvalue weighted by Gasteiger charge is -2.28. The summed E-state index contributed by atoms with van der Waals surface area (Å²) >= 11 is 0. The van der Waals surface area contributed by atoms with Gasteiger partial charge in [0, 0.05) is 0 Å². The van der Waals surface area contributed by atoms with Crippen LogP contribution in [-0.4, -0.2) is 12.8 Å². The molecule has 0 N–H and O–H groups in total. The maximum absolute atomic E-state index is 13.2. The summed E-state index contributed by atoms with van der Waals surface area (Å²) in [6.07, 6.45) is 0. The molecule has 0 saturated carbocycles. The van der Waals surface area contributed by atoms with E-state index in [4.69, 9.17) is 14.2 Å². The van der Waals surface area contributed by atoms with Crippen molar-refractivity contribution in [1.82, 2.24) is 0 Å². The van der Waals surface area contributed by atoms with Crippen LogP contribution in [0.3, 0.4) is 0 Å². The van der Waals surface area contributed by atoms with Crippen LogP contribution in [-0.2, 0) is 21.6 Å². The highest BCUT2D eigenvalue weighted by Gasteiger charge is 2.38. The van der Waals surface area contributed by atoms with Crippen molar-refractivity contribution in [2.45, 2.75) is 18.9 Å². The molecule has 136 valence electrons. The van der Waals surface area contributed by atoms with Crippen molar-refractivity contribution in [1.29, 1.82) is 0 Å². The van der Waals surface area contributed by atoms with Crippen molar-refractivity contribution in [3.63, 3.8) is 0 Å². The minimum absolute atomic E-state index is 0.171. The van der Waals surface area contributed by atoms with Crippen LogP contribution in [0, 0.1) is 0 Å². The quantitative estimate of drug-likeness (QED) is 0.630. The number of ether oxygens (including phenoxy) is 3. The molecule has 0 fully saturated rings. The third-order valence-electron chi connectivity index (χ3n) is 4.92. The summed E-state index contributed by atoms with van der Waals surface area (Å²) in [5.74, 6) is 1.10. The molecule has 4 rings (SSSR count). The molecule has 0 bridgehead atoms. The second-order valence-electron chi connectivity index (χ2n) is 6.62.